The van der Waals surface area contributed by atoms with Crippen LogP contribution in [0.2, 0.25) is 5.02 Å². The Bertz CT molecular complexity index is 462. The quantitative estimate of drug-likeness (QED) is 0.845. The lowest BCUT2D eigenvalue weighted by atomic mass is 10.1. The number of amides is 1. The number of fused-ring (bicyclic) bond motifs is 1. The SMILES string of the molecule is CCCCCNC(=O)c1cc(Cl)c2c(c1)OCCO2. The maximum Gasteiger partial charge on any atom is 0.251 e. The second-order valence-corrected chi connectivity index (χ2v) is 4.85. The van der Waals surface area contributed by atoms with Crippen molar-refractivity contribution in [2.45, 2.75) is 26.2 Å². The standard InChI is InChI=1S/C14H18ClNO3/c1-2-3-4-5-16-14(17)10-8-11(15)13-12(9-10)18-6-7-19-13/h8-9H,2-7H2,1H3,(H,16,17). The molecule has 0 atom stereocenters. The fourth-order valence-corrected chi connectivity index (χ4v) is 2.19. The molecule has 0 aromatic heterocycles. The van der Waals surface area contributed by atoms with Crippen molar-refractivity contribution in [1.82, 2.24) is 5.32 Å². The van der Waals surface area contributed by atoms with E-state index in [1.54, 1.807) is 12.1 Å². The Morgan fingerprint density at radius 1 is 1.32 bits per heavy atom. The molecule has 1 amide bonds. The summed E-state index contributed by atoms with van der Waals surface area (Å²) in [6, 6.07) is 3.29. The van der Waals surface area contributed by atoms with Crippen molar-refractivity contribution < 1.29 is 14.3 Å². The van der Waals surface area contributed by atoms with Gasteiger partial charge in [0.15, 0.2) is 11.5 Å². The number of hydrogen-bond donors (Lipinski definition) is 1. The van der Waals surface area contributed by atoms with E-state index in [-0.39, 0.29) is 5.91 Å². The van der Waals surface area contributed by atoms with Gasteiger partial charge in [0.1, 0.15) is 13.2 Å². The van der Waals surface area contributed by atoms with Gasteiger partial charge >= 0.3 is 0 Å². The molecule has 19 heavy (non-hydrogen) atoms. The van der Waals surface area contributed by atoms with Crippen LogP contribution < -0.4 is 14.8 Å². The largest absolute Gasteiger partial charge is 0.486 e. The number of benzene rings is 1. The molecular formula is C14H18ClNO3. The Hall–Kier alpha value is -1.42. The number of ether oxygens (including phenoxy) is 2. The van der Waals surface area contributed by atoms with Gasteiger partial charge in [-0.1, -0.05) is 31.4 Å². The zero-order chi connectivity index (χ0) is 13.7. The first kappa shape index (κ1) is 14.0. The highest BCUT2D eigenvalue weighted by molar-refractivity contribution is 6.32. The third-order valence-electron chi connectivity index (χ3n) is 2.92. The van der Waals surface area contributed by atoms with Crippen LogP contribution in [0.5, 0.6) is 11.5 Å². The van der Waals surface area contributed by atoms with Gasteiger partial charge < -0.3 is 14.8 Å². The van der Waals surface area contributed by atoms with Gasteiger partial charge in [0, 0.05) is 12.1 Å². The van der Waals surface area contributed by atoms with E-state index >= 15 is 0 Å². The first-order valence-electron chi connectivity index (χ1n) is 6.59. The molecule has 0 fully saturated rings. The van der Waals surface area contributed by atoms with Gasteiger partial charge in [-0.3, -0.25) is 4.79 Å². The van der Waals surface area contributed by atoms with Crippen LogP contribution in [0.1, 0.15) is 36.5 Å². The predicted molar refractivity (Wildman–Crippen MR) is 74.3 cm³/mol. The summed E-state index contributed by atoms with van der Waals surface area (Å²) in [5.41, 5.74) is 0.505. The Kier molecular flexibility index (Phi) is 4.91. The summed E-state index contributed by atoms with van der Waals surface area (Å²) in [6.45, 7) is 3.77. The smallest absolute Gasteiger partial charge is 0.251 e. The fourth-order valence-electron chi connectivity index (χ4n) is 1.92. The minimum absolute atomic E-state index is 0.130. The second-order valence-electron chi connectivity index (χ2n) is 4.45. The normalized spacial score (nSPS) is 13.2. The van der Waals surface area contributed by atoms with E-state index < -0.39 is 0 Å². The van der Waals surface area contributed by atoms with Gasteiger partial charge in [-0.25, -0.2) is 0 Å². The zero-order valence-electron chi connectivity index (χ0n) is 11.0. The molecule has 0 unspecified atom stereocenters. The zero-order valence-corrected chi connectivity index (χ0v) is 11.8. The van der Waals surface area contributed by atoms with E-state index in [9.17, 15) is 4.79 Å². The number of hydrogen-bond acceptors (Lipinski definition) is 3. The topological polar surface area (TPSA) is 47.6 Å². The van der Waals surface area contributed by atoms with E-state index in [0.717, 1.165) is 19.3 Å². The van der Waals surface area contributed by atoms with Crippen molar-refractivity contribution in [3.05, 3.63) is 22.7 Å². The van der Waals surface area contributed by atoms with Gasteiger partial charge in [0.25, 0.3) is 5.91 Å². The molecule has 0 aliphatic carbocycles. The molecule has 2 rings (SSSR count). The third kappa shape index (κ3) is 3.53. The van der Waals surface area contributed by atoms with Crippen LogP contribution in [0, 0.1) is 0 Å². The maximum atomic E-state index is 12.0. The van der Waals surface area contributed by atoms with E-state index in [4.69, 9.17) is 21.1 Å². The number of carbonyl (C=O) groups excluding carboxylic acids is 1. The molecular weight excluding hydrogens is 266 g/mol. The van der Waals surface area contributed by atoms with Gasteiger partial charge in [0.05, 0.1) is 5.02 Å². The van der Waals surface area contributed by atoms with Crippen molar-refractivity contribution in [2.24, 2.45) is 0 Å². The van der Waals surface area contributed by atoms with Crippen LogP contribution in [-0.4, -0.2) is 25.7 Å². The van der Waals surface area contributed by atoms with Gasteiger partial charge in [-0.05, 0) is 18.6 Å². The second kappa shape index (κ2) is 6.66. The highest BCUT2D eigenvalue weighted by atomic mass is 35.5. The molecule has 5 heteroatoms. The first-order chi connectivity index (χ1) is 9.22. The average molecular weight is 284 g/mol. The maximum absolute atomic E-state index is 12.0. The molecule has 0 saturated heterocycles. The molecule has 1 aromatic carbocycles. The van der Waals surface area contributed by atoms with Crippen LogP contribution in [0.3, 0.4) is 0 Å². The number of rotatable bonds is 5. The number of halogens is 1. The van der Waals surface area contributed by atoms with E-state index in [2.05, 4.69) is 12.2 Å². The Balaban J connectivity index is 2.04. The Morgan fingerprint density at radius 2 is 2.11 bits per heavy atom. The summed E-state index contributed by atoms with van der Waals surface area (Å²) in [5.74, 6) is 0.933. The van der Waals surface area contributed by atoms with Crippen LogP contribution in [0.25, 0.3) is 0 Å². The summed E-state index contributed by atoms with van der Waals surface area (Å²) in [5, 5.41) is 3.29. The van der Waals surface area contributed by atoms with Crippen molar-refractivity contribution in [3.8, 4) is 11.5 Å². The molecule has 0 radical (unpaired) electrons. The molecule has 4 nitrogen and oxygen atoms in total. The average Bonchev–Trinajstić information content (AvgIpc) is 2.43. The van der Waals surface area contributed by atoms with Crippen LogP contribution in [0.15, 0.2) is 12.1 Å². The van der Waals surface area contributed by atoms with E-state index in [0.29, 0.717) is 41.8 Å². The minimum Gasteiger partial charge on any atom is -0.486 e. The van der Waals surface area contributed by atoms with Crippen LogP contribution in [0.4, 0.5) is 0 Å². The van der Waals surface area contributed by atoms with Gasteiger partial charge in [-0.15, -0.1) is 0 Å². The third-order valence-corrected chi connectivity index (χ3v) is 3.21. The monoisotopic (exact) mass is 283 g/mol. The molecule has 1 aliphatic rings. The summed E-state index contributed by atoms with van der Waals surface area (Å²) < 4.78 is 10.9. The molecule has 1 aromatic rings. The van der Waals surface area contributed by atoms with Crippen LogP contribution >= 0.6 is 11.6 Å². The van der Waals surface area contributed by atoms with Crippen LogP contribution in [-0.2, 0) is 0 Å². The van der Waals surface area contributed by atoms with Gasteiger partial charge in [0.2, 0.25) is 0 Å². The molecule has 0 bridgehead atoms. The lowest BCUT2D eigenvalue weighted by molar-refractivity contribution is 0.0951. The predicted octanol–water partition coefficient (Wildman–Crippen LogP) is 3.03. The lowest BCUT2D eigenvalue weighted by Gasteiger charge is -2.20. The molecule has 104 valence electrons. The highest BCUT2D eigenvalue weighted by Crippen LogP contribution is 2.38. The van der Waals surface area contributed by atoms with E-state index in [1.807, 2.05) is 0 Å². The summed E-state index contributed by atoms with van der Waals surface area (Å²) in [6.07, 6.45) is 3.23. The molecule has 0 spiro atoms. The lowest BCUT2D eigenvalue weighted by Crippen LogP contribution is -2.25. The first-order valence-corrected chi connectivity index (χ1v) is 6.97. The number of nitrogens with one attached hydrogen (secondary N) is 1. The minimum atomic E-state index is -0.130. The fraction of sp³-hybridized carbons (Fsp3) is 0.500. The molecule has 1 aliphatic heterocycles. The summed E-state index contributed by atoms with van der Waals surface area (Å²) in [7, 11) is 0. The van der Waals surface area contributed by atoms with E-state index in [1.165, 1.54) is 0 Å². The van der Waals surface area contributed by atoms with Gasteiger partial charge in [-0.2, -0.15) is 0 Å². The highest BCUT2D eigenvalue weighted by Gasteiger charge is 2.18. The number of carbonyl (C=O) groups is 1. The summed E-state index contributed by atoms with van der Waals surface area (Å²) >= 11 is 6.09. The Morgan fingerprint density at radius 3 is 2.89 bits per heavy atom. The van der Waals surface area contributed by atoms with Crippen molar-refractivity contribution in [1.29, 1.82) is 0 Å². The summed E-state index contributed by atoms with van der Waals surface area (Å²) in [4.78, 5) is 12.0. The molecule has 0 saturated carbocycles. The molecule has 1 N–H and O–H groups in total. The van der Waals surface area contributed by atoms with Crippen molar-refractivity contribution in [3.63, 3.8) is 0 Å². The molecule has 1 heterocycles. The number of unbranched alkanes of at least 4 members (excludes halogenated alkanes) is 2. The Labute approximate surface area is 118 Å². The van der Waals surface area contributed by atoms with Crippen molar-refractivity contribution in [2.75, 3.05) is 19.8 Å². The van der Waals surface area contributed by atoms with Crippen molar-refractivity contribution >= 4 is 17.5 Å².